The molecule has 0 aliphatic rings. The molecular formula is C12H28N2O. The summed E-state index contributed by atoms with van der Waals surface area (Å²) >= 11 is 0. The molecule has 0 saturated carbocycles. The van der Waals surface area contributed by atoms with Crippen molar-refractivity contribution in [1.29, 1.82) is 0 Å². The molecule has 1 unspecified atom stereocenters. The number of methoxy groups -OCH3 is 1. The van der Waals surface area contributed by atoms with Crippen molar-refractivity contribution < 1.29 is 4.74 Å². The van der Waals surface area contributed by atoms with E-state index < -0.39 is 0 Å². The van der Waals surface area contributed by atoms with Gasteiger partial charge in [0.15, 0.2) is 0 Å². The Bertz CT molecular complexity index is 131. The molecule has 0 aromatic heterocycles. The summed E-state index contributed by atoms with van der Waals surface area (Å²) in [6.07, 6.45) is 2.54. The topological polar surface area (TPSA) is 24.5 Å². The predicted molar refractivity (Wildman–Crippen MR) is 66.4 cm³/mol. The summed E-state index contributed by atoms with van der Waals surface area (Å²) in [6, 6.07) is 0.520. The molecule has 0 fully saturated rings. The molecule has 0 rings (SSSR count). The molecule has 3 nitrogen and oxygen atoms in total. The molecule has 0 aromatic rings. The summed E-state index contributed by atoms with van der Waals surface area (Å²) in [7, 11) is 1.78. The van der Waals surface area contributed by atoms with Crippen molar-refractivity contribution in [3.63, 3.8) is 0 Å². The summed E-state index contributed by atoms with van der Waals surface area (Å²) in [5.41, 5.74) is 0. The maximum Gasteiger partial charge on any atom is 0.0630 e. The van der Waals surface area contributed by atoms with E-state index in [2.05, 4.69) is 31.0 Å². The molecule has 0 spiro atoms. The average Bonchev–Trinajstić information content (AvgIpc) is 2.26. The van der Waals surface area contributed by atoms with Crippen molar-refractivity contribution in [3.8, 4) is 0 Å². The van der Waals surface area contributed by atoms with E-state index in [0.717, 1.165) is 26.2 Å². The normalized spacial score (nSPS) is 13.4. The van der Waals surface area contributed by atoms with Gasteiger partial charge in [0.25, 0.3) is 0 Å². The third-order valence-electron chi connectivity index (χ3n) is 2.71. The largest absolute Gasteiger partial charge is 0.383 e. The van der Waals surface area contributed by atoms with Crippen molar-refractivity contribution in [2.75, 3.05) is 39.9 Å². The van der Waals surface area contributed by atoms with Gasteiger partial charge in [-0.05, 0) is 26.1 Å². The number of nitrogens with one attached hydrogen (secondary N) is 1. The van der Waals surface area contributed by atoms with E-state index in [-0.39, 0.29) is 0 Å². The van der Waals surface area contributed by atoms with E-state index >= 15 is 0 Å². The van der Waals surface area contributed by atoms with E-state index in [9.17, 15) is 0 Å². The van der Waals surface area contributed by atoms with Gasteiger partial charge in [0.1, 0.15) is 0 Å². The molecule has 0 saturated heterocycles. The fourth-order valence-electron chi connectivity index (χ4n) is 1.76. The van der Waals surface area contributed by atoms with Crippen molar-refractivity contribution in [1.82, 2.24) is 10.2 Å². The van der Waals surface area contributed by atoms with Crippen molar-refractivity contribution in [3.05, 3.63) is 0 Å². The Morgan fingerprint density at radius 1 is 1.27 bits per heavy atom. The van der Waals surface area contributed by atoms with Crippen LogP contribution in [-0.4, -0.2) is 50.8 Å². The van der Waals surface area contributed by atoms with E-state index in [4.69, 9.17) is 4.74 Å². The molecule has 3 heteroatoms. The summed E-state index contributed by atoms with van der Waals surface area (Å²) in [6.45, 7) is 11.8. The standard InChI is InChI=1S/C12H28N2O/c1-5-8-9-14(7-3)12(11-15-4)10-13-6-2/h12-13H,5-11H2,1-4H3. The minimum absolute atomic E-state index is 0.520. The van der Waals surface area contributed by atoms with E-state index in [1.807, 2.05) is 0 Å². The third kappa shape index (κ3) is 6.88. The van der Waals surface area contributed by atoms with Crippen LogP contribution in [0.2, 0.25) is 0 Å². The molecule has 0 bridgehead atoms. The van der Waals surface area contributed by atoms with Gasteiger partial charge < -0.3 is 10.1 Å². The monoisotopic (exact) mass is 216 g/mol. The number of likely N-dealkylation sites (N-methyl/N-ethyl adjacent to an activating group) is 2. The van der Waals surface area contributed by atoms with Crippen molar-refractivity contribution in [2.45, 2.75) is 39.7 Å². The van der Waals surface area contributed by atoms with Gasteiger partial charge >= 0.3 is 0 Å². The van der Waals surface area contributed by atoms with Crippen LogP contribution in [0.3, 0.4) is 0 Å². The molecule has 0 amide bonds. The zero-order valence-electron chi connectivity index (χ0n) is 10.9. The fraction of sp³-hybridized carbons (Fsp3) is 1.00. The van der Waals surface area contributed by atoms with Crippen molar-refractivity contribution >= 4 is 0 Å². The number of unbranched alkanes of at least 4 members (excludes halogenated alkanes) is 1. The number of rotatable bonds is 10. The van der Waals surface area contributed by atoms with Crippen LogP contribution in [0.4, 0.5) is 0 Å². The summed E-state index contributed by atoms with van der Waals surface area (Å²) in [4.78, 5) is 2.51. The van der Waals surface area contributed by atoms with Crippen LogP contribution in [0.1, 0.15) is 33.6 Å². The smallest absolute Gasteiger partial charge is 0.0630 e. The van der Waals surface area contributed by atoms with Gasteiger partial charge in [0.05, 0.1) is 6.61 Å². The Balaban J connectivity index is 4.00. The Morgan fingerprint density at radius 3 is 2.47 bits per heavy atom. The average molecular weight is 216 g/mol. The second-order valence-corrected chi connectivity index (χ2v) is 3.90. The zero-order valence-corrected chi connectivity index (χ0v) is 10.9. The lowest BCUT2D eigenvalue weighted by atomic mass is 10.2. The van der Waals surface area contributed by atoms with Crippen LogP contribution in [0.25, 0.3) is 0 Å². The molecule has 15 heavy (non-hydrogen) atoms. The lowest BCUT2D eigenvalue weighted by Gasteiger charge is -2.30. The second kappa shape index (κ2) is 10.4. The molecular weight excluding hydrogens is 188 g/mol. The lowest BCUT2D eigenvalue weighted by Crippen LogP contribution is -2.45. The van der Waals surface area contributed by atoms with Crippen LogP contribution in [0.15, 0.2) is 0 Å². The Kier molecular flexibility index (Phi) is 10.3. The highest BCUT2D eigenvalue weighted by molar-refractivity contribution is 4.72. The Morgan fingerprint density at radius 2 is 2.00 bits per heavy atom. The third-order valence-corrected chi connectivity index (χ3v) is 2.71. The fourth-order valence-corrected chi connectivity index (χ4v) is 1.76. The second-order valence-electron chi connectivity index (χ2n) is 3.90. The number of nitrogens with zero attached hydrogens (tertiary/aromatic N) is 1. The van der Waals surface area contributed by atoms with Crippen molar-refractivity contribution in [2.24, 2.45) is 0 Å². The highest BCUT2D eigenvalue weighted by atomic mass is 16.5. The van der Waals surface area contributed by atoms with Gasteiger partial charge in [-0.2, -0.15) is 0 Å². The molecule has 0 heterocycles. The van der Waals surface area contributed by atoms with Crippen LogP contribution < -0.4 is 5.32 Å². The quantitative estimate of drug-likeness (QED) is 0.602. The summed E-state index contributed by atoms with van der Waals surface area (Å²) in [5, 5.41) is 3.40. The van der Waals surface area contributed by atoms with E-state index in [1.54, 1.807) is 7.11 Å². The van der Waals surface area contributed by atoms with Gasteiger partial charge in [-0.1, -0.05) is 27.2 Å². The molecule has 0 radical (unpaired) electrons. The summed E-state index contributed by atoms with van der Waals surface area (Å²) in [5.74, 6) is 0. The Labute approximate surface area is 95.2 Å². The van der Waals surface area contributed by atoms with Gasteiger partial charge in [0.2, 0.25) is 0 Å². The number of hydrogen-bond donors (Lipinski definition) is 1. The van der Waals surface area contributed by atoms with Crippen LogP contribution >= 0.6 is 0 Å². The first-order valence-corrected chi connectivity index (χ1v) is 6.23. The SMILES string of the molecule is CCCCN(CC)C(CNCC)COC. The van der Waals surface area contributed by atoms with E-state index in [1.165, 1.54) is 19.4 Å². The van der Waals surface area contributed by atoms with Crippen LogP contribution in [-0.2, 0) is 4.74 Å². The van der Waals surface area contributed by atoms with E-state index in [0.29, 0.717) is 6.04 Å². The predicted octanol–water partition coefficient (Wildman–Crippen LogP) is 1.73. The van der Waals surface area contributed by atoms with Crippen LogP contribution in [0, 0.1) is 0 Å². The van der Waals surface area contributed by atoms with Gasteiger partial charge in [-0.15, -0.1) is 0 Å². The first-order chi connectivity index (χ1) is 7.29. The molecule has 1 N–H and O–H groups in total. The Hall–Kier alpha value is -0.120. The highest BCUT2D eigenvalue weighted by Crippen LogP contribution is 2.02. The first-order valence-electron chi connectivity index (χ1n) is 6.23. The van der Waals surface area contributed by atoms with Gasteiger partial charge in [-0.25, -0.2) is 0 Å². The molecule has 92 valence electrons. The van der Waals surface area contributed by atoms with Gasteiger partial charge in [0, 0.05) is 19.7 Å². The molecule has 0 aliphatic carbocycles. The zero-order chi connectivity index (χ0) is 11.5. The van der Waals surface area contributed by atoms with Crippen LogP contribution in [0.5, 0.6) is 0 Å². The molecule has 0 aromatic carbocycles. The minimum atomic E-state index is 0.520. The lowest BCUT2D eigenvalue weighted by molar-refractivity contribution is 0.0917. The highest BCUT2D eigenvalue weighted by Gasteiger charge is 2.15. The summed E-state index contributed by atoms with van der Waals surface area (Å²) < 4.78 is 5.28. The first kappa shape index (κ1) is 14.9. The maximum atomic E-state index is 5.28. The minimum Gasteiger partial charge on any atom is -0.383 e. The number of hydrogen-bond acceptors (Lipinski definition) is 3. The number of ether oxygens (including phenoxy) is 1. The molecule has 0 aliphatic heterocycles. The molecule has 1 atom stereocenters. The van der Waals surface area contributed by atoms with Gasteiger partial charge in [-0.3, -0.25) is 4.90 Å². The maximum absolute atomic E-state index is 5.28.